The van der Waals surface area contributed by atoms with E-state index in [0.29, 0.717) is 4.99 Å². The fourth-order valence-corrected chi connectivity index (χ4v) is 3.64. The summed E-state index contributed by atoms with van der Waals surface area (Å²) in [6, 6.07) is 15.5. The van der Waals surface area contributed by atoms with Crippen molar-refractivity contribution < 1.29 is 5.11 Å². The minimum absolute atomic E-state index is 0.253. The lowest BCUT2D eigenvalue weighted by molar-refractivity contribution is 0.475. The van der Waals surface area contributed by atoms with E-state index in [1.165, 1.54) is 69.8 Å². The van der Waals surface area contributed by atoms with Gasteiger partial charge in [-0.2, -0.15) is 0 Å². The van der Waals surface area contributed by atoms with Crippen LogP contribution in [0, 0.1) is 0 Å². The van der Waals surface area contributed by atoms with Crippen LogP contribution in [0.4, 0.5) is 5.69 Å². The van der Waals surface area contributed by atoms with Gasteiger partial charge in [0.2, 0.25) is 0 Å². The first kappa shape index (κ1) is 22.4. The molecule has 28 heavy (non-hydrogen) atoms. The van der Waals surface area contributed by atoms with Crippen LogP contribution in [0.5, 0.6) is 5.75 Å². The Morgan fingerprint density at radius 2 is 1.29 bits per heavy atom. The number of rotatable bonds is 13. The number of unbranched alkanes of at least 4 members (excludes halogenated alkanes) is 9. The van der Waals surface area contributed by atoms with Crippen molar-refractivity contribution in [3.8, 4) is 5.75 Å². The molecule has 2 nitrogen and oxygen atoms in total. The topological polar surface area (TPSA) is 32.3 Å². The van der Waals surface area contributed by atoms with E-state index in [2.05, 4.69) is 36.5 Å². The second kappa shape index (κ2) is 13.3. The lowest BCUT2D eigenvalue weighted by Crippen LogP contribution is -2.10. The summed E-state index contributed by atoms with van der Waals surface area (Å²) in [6.07, 6.45) is 14.9. The van der Waals surface area contributed by atoms with Crippen molar-refractivity contribution in [3.05, 3.63) is 59.7 Å². The van der Waals surface area contributed by atoms with Gasteiger partial charge in [0.15, 0.2) is 0 Å². The third-order valence-electron chi connectivity index (χ3n) is 5.16. The number of thiocarbonyl (C=S) groups is 1. The maximum absolute atomic E-state index is 9.37. The van der Waals surface area contributed by atoms with Crippen molar-refractivity contribution in [2.24, 2.45) is 0 Å². The molecular weight excluding hydrogens is 362 g/mol. The highest BCUT2D eigenvalue weighted by molar-refractivity contribution is 7.81. The fourth-order valence-electron chi connectivity index (χ4n) is 3.39. The van der Waals surface area contributed by atoms with Crippen molar-refractivity contribution in [2.45, 2.75) is 77.6 Å². The van der Waals surface area contributed by atoms with Gasteiger partial charge in [0.05, 0.1) is 0 Å². The van der Waals surface area contributed by atoms with Gasteiger partial charge in [-0.25, -0.2) is 0 Å². The van der Waals surface area contributed by atoms with Crippen molar-refractivity contribution >= 4 is 22.9 Å². The largest absolute Gasteiger partial charge is 0.508 e. The normalized spacial score (nSPS) is 10.8. The molecule has 2 aromatic rings. The van der Waals surface area contributed by atoms with Crippen LogP contribution in [0.15, 0.2) is 48.5 Å². The second-order valence-corrected chi connectivity index (χ2v) is 8.04. The molecule has 2 aromatic carbocycles. The molecule has 0 spiro atoms. The minimum Gasteiger partial charge on any atom is -0.508 e. The number of aryl methyl sites for hydroxylation is 1. The average molecular weight is 398 g/mol. The van der Waals surface area contributed by atoms with Crippen molar-refractivity contribution in [1.29, 1.82) is 0 Å². The molecule has 0 saturated heterocycles. The van der Waals surface area contributed by atoms with E-state index in [0.717, 1.165) is 17.7 Å². The van der Waals surface area contributed by atoms with Crippen LogP contribution < -0.4 is 5.32 Å². The Hall–Kier alpha value is -1.87. The Morgan fingerprint density at radius 3 is 1.86 bits per heavy atom. The molecule has 0 bridgehead atoms. The molecule has 0 aliphatic carbocycles. The third-order valence-corrected chi connectivity index (χ3v) is 5.50. The maximum atomic E-state index is 9.37. The predicted octanol–water partition coefficient (Wildman–Crippen LogP) is 7.64. The van der Waals surface area contributed by atoms with E-state index in [4.69, 9.17) is 12.2 Å². The summed E-state index contributed by atoms with van der Waals surface area (Å²) in [4.78, 5) is 0.669. The van der Waals surface area contributed by atoms with Crippen molar-refractivity contribution in [3.63, 3.8) is 0 Å². The predicted molar refractivity (Wildman–Crippen MR) is 125 cm³/mol. The number of aromatic hydroxyl groups is 1. The lowest BCUT2D eigenvalue weighted by atomic mass is 10.0. The lowest BCUT2D eigenvalue weighted by Gasteiger charge is -2.09. The van der Waals surface area contributed by atoms with Gasteiger partial charge in [0.25, 0.3) is 0 Å². The molecule has 0 saturated carbocycles. The summed E-state index contributed by atoms with van der Waals surface area (Å²) >= 11 is 5.44. The quantitative estimate of drug-likeness (QED) is 0.269. The zero-order valence-electron chi connectivity index (χ0n) is 17.3. The smallest absolute Gasteiger partial charge is 0.115 e. The van der Waals surface area contributed by atoms with Crippen LogP contribution >= 0.6 is 12.2 Å². The van der Waals surface area contributed by atoms with Crippen LogP contribution in [0.1, 0.15) is 82.3 Å². The van der Waals surface area contributed by atoms with E-state index in [9.17, 15) is 5.11 Å². The Balaban J connectivity index is 1.59. The summed E-state index contributed by atoms with van der Waals surface area (Å²) in [5.41, 5.74) is 3.30. The van der Waals surface area contributed by atoms with Gasteiger partial charge in [-0.15, -0.1) is 0 Å². The Kier molecular flexibility index (Phi) is 10.7. The SMILES string of the molecule is CCCCCCCCCCCCc1ccc(NC(=S)c2ccc(O)cc2)cc1. The standard InChI is InChI=1S/C25H35NOS/c1-2-3-4-5-6-7-8-9-10-11-12-21-13-17-23(18-14-21)26-25(28)22-15-19-24(27)20-16-22/h13-20,27H,2-12H2,1H3,(H,26,28). The molecule has 0 unspecified atom stereocenters. The van der Waals surface area contributed by atoms with Crippen molar-refractivity contribution in [1.82, 2.24) is 0 Å². The highest BCUT2D eigenvalue weighted by Gasteiger charge is 2.02. The number of anilines is 1. The first-order valence-corrected chi connectivity index (χ1v) is 11.3. The minimum atomic E-state index is 0.253. The monoisotopic (exact) mass is 397 g/mol. The number of hydrogen-bond donors (Lipinski definition) is 2. The highest BCUT2D eigenvalue weighted by Crippen LogP contribution is 2.16. The summed E-state index contributed by atoms with van der Waals surface area (Å²) in [7, 11) is 0. The number of phenolic OH excluding ortho intramolecular Hbond substituents is 1. The molecule has 2 rings (SSSR count). The van der Waals surface area contributed by atoms with Crippen LogP contribution in [0.25, 0.3) is 0 Å². The molecule has 0 aromatic heterocycles. The van der Waals surface area contributed by atoms with Crippen molar-refractivity contribution in [2.75, 3.05) is 5.32 Å². The molecule has 0 aliphatic heterocycles. The molecule has 0 aliphatic rings. The Labute approximate surface area is 176 Å². The summed E-state index contributed by atoms with van der Waals surface area (Å²) in [6.45, 7) is 2.27. The molecule has 0 radical (unpaired) electrons. The number of hydrogen-bond acceptors (Lipinski definition) is 2. The number of phenols is 1. The van der Waals surface area contributed by atoms with Gasteiger partial charge in [0, 0.05) is 11.3 Å². The third kappa shape index (κ3) is 8.88. The summed E-state index contributed by atoms with van der Waals surface area (Å²) < 4.78 is 0. The molecular formula is C25H35NOS. The van der Waals surface area contributed by atoms with Crippen LogP contribution in [-0.4, -0.2) is 10.1 Å². The van der Waals surface area contributed by atoms with Gasteiger partial charge in [0.1, 0.15) is 10.7 Å². The summed E-state index contributed by atoms with van der Waals surface area (Å²) in [5, 5.41) is 12.6. The molecule has 2 N–H and O–H groups in total. The number of benzene rings is 2. The Morgan fingerprint density at radius 1 is 0.750 bits per heavy atom. The van der Waals surface area contributed by atoms with E-state index in [-0.39, 0.29) is 5.75 Å². The van der Waals surface area contributed by atoms with Gasteiger partial charge < -0.3 is 10.4 Å². The van der Waals surface area contributed by atoms with Gasteiger partial charge >= 0.3 is 0 Å². The van der Waals surface area contributed by atoms with Gasteiger partial charge in [-0.05, 0) is 54.8 Å². The number of nitrogens with one attached hydrogen (secondary N) is 1. The van der Waals surface area contributed by atoms with E-state index in [1.54, 1.807) is 12.1 Å². The molecule has 152 valence electrons. The van der Waals surface area contributed by atoms with E-state index < -0.39 is 0 Å². The maximum Gasteiger partial charge on any atom is 0.115 e. The zero-order valence-corrected chi connectivity index (χ0v) is 18.1. The van der Waals surface area contributed by atoms with E-state index >= 15 is 0 Å². The molecule has 3 heteroatoms. The fraction of sp³-hybridized carbons (Fsp3) is 0.480. The Bertz CT molecular complexity index is 679. The van der Waals surface area contributed by atoms with Crippen LogP contribution in [-0.2, 0) is 6.42 Å². The van der Waals surface area contributed by atoms with E-state index in [1.807, 2.05) is 12.1 Å². The first-order valence-electron chi connectivity index (χ1n) is 10.9. The van der Waals surface area contributed by atoms with Gasteiger partial charge in [-0.1, -0.05) is 89.1 Å². The van der Waals surface area contributed by atoms with Crippen LogP contribution in [0.3, 0.4) is 0 Å². The second-order valence-electron chi connectivity index (χ2n) is 7.63. The molecule has 0 atom stereocenters. The average Bonchev–Trinajstić information content (AvgIpc) is 2.71. The zero-order chi connectivity index (χ0) is 20.0. The van der Waals surface area contributed by atoms with Gasteiger partial charge in [-0.3, -0.25) is 0 Å². The summed E-state index contributed by atoms with van der Waals surface area (Å²) in [5.74, 6) is 0.253. The molecule has 0 amide bonds. The first-order chi connectivity index (χ1) is 13.7. The molecule has 0 fully saturated rings. The van der Waals surface area contributed by atoms with Crippen LogP contribution in [0.2, 0.25) is 0 Å². The molecule has 0 heterocycles. The highest BCUT2D eigenvalue weighted by atomic mass is 32.1.